The second kappa shape index (κ2) is 5.34. The first-order valence-electron chi connectivity index (χ1n) is 5.17. The SMILES string of the molecule is O=c1[nH]cnc(SC2CCCCC2)c1I. The van der Waals surface area contributed by atoms with Crippen molar-refractivity contribution in [3.05, 3.63) is 20.3 Å². The molecule has 1 N–H and O–H groups in total. The topological polar surface area (TPSA) is 45.8 Å². The van der Waals surface area contributed by atoms with E-state index in [9.17, 15) is 4.79 Å². The molecular formula is C10H13IN2OS. The molecule has 0 spiro atoms. The van der Waals surface area contributed by atoms with Crippen LogP contribution >= 0.6 is 34.4 Å². The van der Waals surface area contributed by atoms with E-state index in [-0.39, 0.29) is 5.56 Å². The van der Waals surface area contributed by atoms with Crippen LogP contribution in [0.25, 0.3) is 0 Å². The highest BCUT2D eigenvalue weighted by atomic mass is 127. The molecule has 0 bridgehead atoms. The van der Waals surface area contributed by atoms with Gasteiger partial charge >= 0.3 is 0 Å². The molecule has 1 aromatic rings. The zero-order valence-corrected chi connectivity index (χ0v) is 11.3. The van der Waals surface area contributed by atoms with Gasteiger partial charge in [-0.05, 0) is 35.4 Å². The van der Waals surface area contributed by atoms with Gasteiger partial charge in [0.1, 0.15) is 8.60 Å². The second-order valence-electron chi connectivity index (χ2n) is 3.73. The zero-order valence-electron chi connectivity index (χ0n) is 8.33. The molecule has 0 aliphatic heterocycles. The van der Waals surface area contributed by atoms with Gasteiger partial charge in [0.15, 0.2) is 0 Å². The first-order valence-corrected chi connectivity index (χ1v) is 7.13. The predicted octanol–water partition coefficient (Wildman–Crippen LogP) is 2.80. The van der Waals surface area contributed by atoms with E-state index in [0.717, 1.165) is 8.60 Å². The van der Waals surface area contributed by atoms with Gasteiger partial charge in [0.05, 0.1) is 6.33 Å². The second-order valence-corrected chi connectivity index (χ2v) is 6.10. The molecule has 0 amide bonds. The van der Waals surface area contributed by atoms with Crippen LogP contribution in [0, 0.1) is 3.57 Å². The highest BCUT2D eigenvalue weighted by Crippen LogP contribution is 2.33. The van der Waals surface area contributed by atoms with Crippen LogP contribution in [0.5, 0.6) is 0 Å². The maximum atomic E-state index is 11.4. The van der Waals surface area contributed by atoms with E-state index in [1.807, 2.05) is 0 Å². The van der Waals surface area contributed by atoms with Crippen LogP contribution in [0.1, 0.15) is 32.1 Å². The Hall–Kier alpha value is -0.0400. The van der Waals surface area contributed by atoms with Crippen LogP contribution in [0.3, 0.4) is 0 Å². The molecular weight excluding hydrogens is 323 g/mol. The average molecular weight is 336 g/mol. The van der Waals surface area contributed by atoms with Crippen molar-refractivity contribution in [2.24, 2.45) is 0 Å². The Balaban J connectivity index is 2.09. The van der Waals surface area contributed by atoms with Gasteiger partial charge in [-0.1, -0.05) is 19.3 Å². The summed E-state index contributed by atoms with van der Waals surface area (Å²) in [6, 6.07) is 0. The molecule has 1 aliphatic rings. The van der Waals surface area contributed by atoms with Gasteiger partial charge in [-0.25, -0.2) is 4.98 Å². The first kappa shape index (κ1) is 11.4. The summed E-state index contributed by atoms with van der Waals surface area (Å²) in [6.45, 7) is 0. The fraction of sp³-hybridized carbons (Fsp3) is 0.600. The summed E-state index contributed by atoms with van der Waals surface area (Å²) in [6.07, 6.45) is 8.01. The number of aromatic nitrogens is 2. The van der Waals surface area contributed by atoms with Crippen LogP contribution in [-0.4, -0.2) is 15.2 Å². The third-order valence-electron chi connectivity index (χ3n) is 2.60. The Morgan fingerprint density at radius 2 is 2.13 bits per heavy atom. The van der Waals surface area contributed by atoms with Crippen molar-refractivity contribution in [3.63, 3.8) is 0 Å². The molecule has 0 aromatic carbocycles. The van der Waals surface area contributed by atoms with Crippen molar-refractivity contribution >= 4 is 34.4 Å². The number of hydrogen-bond acceptors (Lipinski definition) is 3. The summed E-state index contributed by atoms with van der Waals surface area (Å²) in [7, 11) is 0. The zero-order chi connectivity index (χ0) is 10.7. The standard InChI is InChI=1S/C10H13IN2OS/c11-8-9(14)12-6-13-10(8)15-7-4-2-1-3-5-7/h6-7H,1-5H2,(H,12,13,14). The third kappa shape index (κ3) is 2.96. The summed E-state index contributed by atoms with van der Waals surface area (Å²) in [5, 5.41) is 1.55. The molecule has 0 radical (unpaired) electrons. The van der Waals surface area contributed by atoms with E-state index in [1.54, 1.807) is 11.8 Å². The van der Waals surface area contributed by atoms with Crippen LogP contribution in [0.4, 0.5) is 0 Å². The van der Waals surface area contributed by atoms with Gasteiger partial charge in [-0.15, -0.1) is 11.8 Å². The van der Waals surface area contributed by atoms with Gasteiger partial charge in [0.25, 0.3) is 5.56 Å². The third-order valence-corrected chi connectivity index (χ3v) is 5.30. The minimum atomic E-state index is -0.0242. The fourth-order valence-corrected chi connectivity index (χ4v) is 3.66. The molecule has 1 saturated carbocycles. The lowest BCUT2D eigenvalue weighted by molar-refractivity contribution is 0.515. The van der Waals surface area contributed by atoms with Gasteiger partial charge < -0.3 is 4.98 Å². The maximum Gasteiger partial charge on any atom is 0.265 e. The van der Waals surface area contributed by atoms with Crippen molar-refractivity contribution in [1.29, 1.82) is 0 Å². The molecule has 0 saturated heterocycles. The highest BCUT2D eigenvalue weighted by Gasteiger charge is 2.17. The maximum absolute atomic E-state index is 11.4. The van der Waals surface area contributed by atoms with E-state index < -0.39 is 0 Å². The van der Waals surface area contributed by atoms with Gasteiger partial charge in [-0.3, -0.25) is 4.79 Å². The normalized spacial score (nSPS) is 17.9. The van der Waals surface area contributed by atoms with Crippen molar-refractivity contribution in [2.45, 2.75) is 42.4 Å². The van der Waals surface area contributed by atoms with E-state index in [4.69, 9.17) is 0 Å². The number of rotatable bonds is 2. The molecule has 15 heavy (non-hydrogen) atoms. The van der Waals surface area contributed by atoms with E-state index in [2.05, 4.69) is 32.6 Å². The number of nitrogens with one attached hydrogen (secondary N) is 1. The number of hydrogen-bond donors (Lipinski definition) is 1. The van der Waals surface area contributed by atoms with Crippen LogP contribution < -0.4 is 5.56 Å². The first-order chi connectivity index (χ1) is 7.27. The lowest BCUT2D eigenvalue weighted by Gasteiger charge is -2.20. The minimum Gasteiger partial charge on any atom is -0.312 e. The Labute approximate surface area is 107 Å². The number of nitrogens with zero attached hydrogens (tertiary/aromatic N) is 1. The van der Waals surface area contributed by atoms with Crippen molar-refractivity contribution < 1.29 is 0 Å². The lowest BCUT2D eigenvalue weighted by atomic mass is 10.0. The molecule has 5 heteroatoms. The van der Waals surface area contributed by atoms with E-state index in [1.165, 1.54) is 38.4 Å². The molecule has 1 aromatic heterocycles. The molecule has 2 rings (SSSR count). The van der Waals surface area contributed by atoms with Gasteiger partial charge in [-0.2, -0.15) is 0 Å². The Morgan fingerprint density at radius 1 is 1.40 bits per heavy atom. The molecule has 0 unspecified atom stereocenters. The molecule has 1 fully saturated rings. The Morgan fingerprint density at radius 3 is 2.87 bits per heavy atom. The molecule has 1 aliphatic carbocycles. The molecule has 82 valence electrons. The monoisotopic (exact) mass is 336 g/mol. The Kier molecular flexibility index (Phi) is 4.07. The van der Waals surface area contributed by atoms with Crippen LogP contribution in [-0.2, 0) is 0 Å². The predicted molar refractivity (Wildman–Crippen MR) is 70.3 cm³/mol. The summed E-state index contributed by atoms with van der Waals surface area (Å²) in [4.78, 5) is 18.2. The van der Waals surface area contributed by atoms with Crippen LogP contribution in [0.2, 0.25) is 0 Å². The molecule has 3 nitrogen and oxygen atoms in total. The minimum absolute atomic E-state index is 0.0242. The number of thioether (sulfide) groups is 1. The van der Waals surface area contributed by atoms with Crippen molar-refractivity contribution in [3.8, 4) is 0 Å². The fourth-order valence-electron chi connectivity index (χ4n) is 1.79. The summed E-state index contributed by atoms with van der Waals surface area (Å²) < 4.78 is 0.727. The van der Waals surface area contributed by atoms with Gasteiger partial charge in [0.2, 0.25) is 0 Å². The van der Waals surface area contributed by atoms with E-state index >= 15 is 0 Å². The lowest BCUT2D eigenvalue weighted by Crippen LogP contribution is -2.14. The number of halogens is 1. The number of aromatic amines is 1. The van der Waals surface area contributed by atoms with Crippen molar-refractivity contribution in [1.82, 2.24) is 9.97 Å². The van der Waals surface area contributed by atoms with Crippen LogP contribution in [0.15, 0.2) is 16.1 Å². The quantitative estimate of drug-likeness (QED) is 0.667. The number of H-pyrrole nitrogens is 1. The highest BCUT2D eigenvalue weighted by molar-refractivity contribution is 14.1. The summed E-state index contributed by atoms with van der Waals surface area (Å²) in [5.74, 6) is 0. The van der Waals surface area contributed by atoms with Crippen molar-refractivity contribution in [2.75, 3.05) is 0 Å². The van der Waals surface area contributed by atoms with E-state index in [0.29, 0.717) is 5.25 Å². The van der Waals surface area contributed by atoms with Gasteiger partial charge in [0, 0.05) is 5.25 Å². The molecule has 0 atom stereocenters. The average Bonchev–Trinajstić information content (AvgIpc) is 2.26. The largest absolute Gasteiger partial charge is 0.312 e. The summed E-state index contributed by atoms with van der Waals surface area (Å²) >= 11 is 3.84. The smallest absolute Gasteiger partial charge is 0.265 e. The molecule has 1 heterocycles. The summed E-state index contributed by atoms with van der Waals surface area (Å²) in [5.41, 5.74) is -0.0242. The Bertz CT molecular complexity index is 387.